The average molecular weight is 384 g/mol. The number of anilines is 1. The summed E-state index contributed by atoms with van der Waals surface area (Å²) in [5.41, 5.74) is 2.66. The van der Waals surface area contributed by atoms with Gasteiger partial charge in [-0.05, 0) is 62.0 Å². The van der Waals surface area contributed by atoms with Crippen LogP contribution in [-0.2, 0) is 11.3 Å². The topological polar surface area (TPSA) is 26.8 Å². The second-order valence-corrected chi connectivity index (χ2v) is 8.73. The Labute approximate surface area is 166 Å². The molecular formula is C22H29N3OS. The predicted molar refractivity (Wildman–Crippen MR) is 112 cm³/mol. The molecule has 0 aliphatic carbocycles. The highest BCUT2D eigenvalue weighted by atomic mass is 32.1. The van der Waals surface area contributed by atoms with E-state index in [-0.39, 0.29) is 5.92 Å². The number of aryl methyl sites for hydroxylation is 1. The van der Waals surface area contributed by atoms with Crippen molar-refractivity contribution < 1.29 is 4.79 Å². The van der Waals surface area contributed by atoms with Crippen LogP contribution >= 0.6 is 11.3 Å². The molecule has 2 aromatic rings. The van der Waals surface area contributed by atoms with Crippen LogP contribution in [0.1, 0.15) is 23.3 Å². The number of carbonyl (C=O) groups excluding carboxylic acids is 1. The van der Waals surface area contributed by atoms with Gasteiger partial charge in [-0.25, -0.2) is 0 Å². The van der Waals surface area contributed by atoms with Crippen molar-refractivity contribution in [1.29, 1.82) is 0 Å². The summed E-state index contributed by atoms with van der Waals surface area (Å²) in [5, 5.41) is 2.18. The summed E-state index contributed by atoms with van der Waals surface area (Å²) in [6.45, 7) is 8.88. The lowest BCUT2D eigenvalue weighted by molar-refractivity contribution is -0.137. The molecule has 4 rings (SSSR count). The molecule has 27 heavy (non-hydrogen) atoms. The van der Waals surface area contributed by atoms with Gasteiger partial charge in [0, 0.05) is 49.2 Å². The minimum Gasteiger partial charge on any atom is -0.368 e. The van der Waals surface area contributed by atoms with E-state index in [2.05, 4.69) is 63.4 Å². The fourth-order valence-electron chi connectivity index (χ4n) is 4.19. The molecule has 5 heteroatoms. The fourth-order valence-corrected chi connectivity index (χ4v) is 5.14. The van der Waals surface area contributed by atoms with E-state index >= 15 is 0 Å². The number of thiophene rings is 1. The zero-order chi connectivity index (χ0) is 18.6. The molecule has 1 amide bonds. The van der Waals surface area contributed by atoms with Crippen molar-refractivity contribution in [2.75, 3.05) is 44.2 Å². The Hall–Kier alpha value is -1.85. The normalized spacial score (nSPS) is 19.4. The number of likely N-dealkylation sites (tertiary alicyclic amines) is 1. The lowest BCUT2D eigenvalue weighted by atomic mass is 9.95. The van der Waals surface area contributed by atoms with Crippen LogP contribution in [0.4, 0.5) is 5.69 Å². The van der Waals surface area contributed by atoms with Gasteiger partial charge >= 0.3 is 0 Å². The van der Waals surface area contributed by atoms with Crippen LogP contribution < -0.4 is 4.90 Å². The van der Waals surface area contributed by atoms with Crippen LogP contribution in [0.15, 0.2) is 41.8 Å². The maximum absolute atomic E-state index is 13.0. The zero-order valence-corrected chi connectivity index (χ0v) is 17.0. The Morgan fingerprint density at radius 3 is 2.33 bits per heavy atom. The Morgan fingerprint density at radius 2 is 1.70 bits per heavy atom. The number of nitrogens with zero attached hydrogens (tertiary/aromatic N) is 3. The lowest BCUT2D eigenvalue weighted by Gasteiger charge is -2.39. The predicted octanol–water partition coefficient (Wildman–Crippen LogP) is 3.62. The van der Waals surface area contributed by atoms with Gasteiger partial charge in [-0.1, -0.05) is 18.2 Å². The molecule has 0 N–H and O–H groups in total. The molecule has 4 nitrogen and oxygen atoms in total. The van der Waals surface area contributed by atoms with E-state index in [1.54, 1.807) is 0 Å². The molecule has 2 aliphatic heterocycles. The summed E-state index contributed by atoms with van der Waals surface area (Å²) < 4.78 is 0. The molecule has 1 aromatic carbocycles. The molecule has 3 heterocycles. The van der Waals surface area contributed by atoms with Crippen LogP contribution in [0, 0.1) is 12.8 Å². The van der Waals surface area contributed by atoms with Gasteiger partial charge in [-0.15, -0.1) is 11.3 Å². The van der Waals surface area contributed by atoms with Crippen molar-refractivity contribution in [2.45, 2.75) is 26.3 Å². The maximum Gasteiger partial charge on any atom is 0.225 e. The first-order valence-electron chi connectivity index (χ1n) is 10.0. The molecule has 0 spiro atoms. The summed E-state index contributed by atoms with van der Waals surface area (Å²) in [7, 11) is 0. The third-order valence-electron chi connectivity index (χ3n) is 5.98. The molecular weight excluding hydrogens is 354 g/mol. The van der Waals surface area contributed by atoms with Gasteiger partial charge in [-0.3, -0.25) is 9.69 Å². The molecule has 0 bridgehead atoms. The largest absolute Gasteiger partial charge is 0.368 e. The molecule has 0 unspecified atom stereocenters. The highest BCUT2D eigenvalue weighted by Crippen LogP contribution is 2.25. The smallest absolute Gasteiger partial charge is 0.225 e. The summed E-state index contributed by atoms with van der Waals surface area (Å²) in [6.07, 6.45) is 2.00. The van der Waals surface area contributed by atoms with Crippen molar-refractivity contribution >= 4 is 22.9 Å². The van der Waals surface area contributed by atoms with E-state index in [4.69, 9.17) is 0 Å². The van der Waals surface area contributed by atoms with Crippen LogP contribution in [0.3, 0.4) is 0 Å². The van der Waals surface area contributed by atoms with Gasteiger partial charge < -0.3 is 9.80 Å². The monoisotopic (exact) mass is 383 g/mol. The second kappa shape index (κ2) is 8.44. The summed E-state index contributed by atoms with van der Waals surface area (Å²) in [5.74, 6) is 0.601. The first-order valence-corrected chi connectivity index (χ1v) is 10.9. The number of para-hydroxylation sites is 1. The number of hydrogen-bond donors (Lipinski definition) is 0. The quantitative estimate of drug-likeness (QED) is 0.807. The van der Waals surface area contributed by atoms with Crippen molar-refractivity contribution in [3.05, 3.63) is 52.2 Å². The van der Waals surface area contributed by atoms with E-state index < -0.39 is 0 Å². The molecule has 0 atom stereocenters. The van der Waals surface area contributed by atoms with Gasteiger partial charge in [0.15, 0.2) is 0 Å². The first-order chi connectivity index (χ1) is 13.2. The van der Waals surface area contributed by atoms with Crippen molar-refractivity contribution in [1.82, 2.24) is 9.80 Å². The Kier molecular flexibility index (Phi) is 5.79. The summed E-state index contributed by atoms with van der Waals surface area (Å²) in [6, 6.07) is 12.7. The molecule has 144 valence electrons. The van der Waals surface area contributed by atoms with Crippen LogP contribution in [0.25, 0.3) is 0 Å². The van der Waals surface area contributed by atoms with E-state index in [0.29, 0.717) is 5.91 Å². The van der Waals surface area contributed by atoms with Gasteiger partial charge in [0.2, 0.25) is 5.91 Å². The van der Waals surface area contributed by atoms with Gasteiger partial charge in [0.1, 0.15) is 0 Å². The number of amides is 1. The highest BCUT2D eigenvalue weighted by molar-refractivity contribution is 7.10. The van der Waals surface area contributed by atoms with Crippen molar-refractivity contribution in [2.24, 2.45) is 5.92 Å². The standard InChI is InChI=1S/C22H29N3OS/c1-18-9-16-27-21(18)17-23-10-7-19(8-11-23)22(26)25-14-12-24(13-15-25)20-5-3-2-4-6-20/h2-6,9,16,19H,7-8,10-15,17H2,1H3. The van der Waals surface area contributed by atoms with Crippen LogP contribution in [-0.4, -0.2) is 55.0 Å². The first kappa shape index (κ1) is 18.5. The Bertz CT molecular complexity index is 744. The Morgan fingerprint density at radius 1 is 1.00 bits per heavy atom. The number of carbonyl (C=O) groups is 1. The zero-order valence-electron chi connectivity index (χ0n) is 16.1. The van der Waals surface area contributed by atoms with E-state index in [1.807, 2.05) is 11.3 Å². The number of rotatable bonds is 4. The van der Waals surface area contributed by atoms with Gasteiger partial charge in [0.25, 0.3) is 0 Å². The molecule has 0 saturated carbocycles. The molecule has 2 aliphatic rings. The SMILES string of the molecule is Cc1ccsc1CN1CCC(C(=O)N2CCN(c3ccccc3)CC2)CC1. The summed E-state index contributed by atoms with van der Waals surface area (Å²) >= 11 is 1.85. The maximum atomic E-state index is 13.0. The highest BCUT2D eigenvalue weighted by Gasteiger charge is 2.30. The molecule has 2 fully saturated rings. The van der Waals surface area contributed by atoms with Gasteiger partial charge in [-0.2, -0.15) is 0 Å². The van der Waals surface area contributed by atoms with Gasteiger partial charge in [0.05, 0.1) is 0 Å². The number of benzene rings is 1. The molecule has 2 saturated heterocycles. The third-order valence-corrected chi connectivity index (χ3v) is 6.99. The van der Waals surface area contributed by atoms with E-state index in [0.717, 1.165) is 58.7 Å². The van der Waals surface area contributed by atoms with Crippen LogP contribution in [0.2, 0.25) is 0 Å². The number of piperazine rings is 1. The fraction of sp³-hybridized carbons (Fsp3) is 0.500. The molecule has 1 aromatic heterocycles. The second-order valence-electron chi connectivity index (χ2n) is 7.73. The molecule has 0 radical (unpaired) electrons. The lowest BCUT2D eigenvalue weighted by Crippen LogP contribution is -2.51. The van der Waals surface area contributed by atoms with Crippen molar-refractivity contribution in [3.63, 3.8) is 0 Å². The Balaban J connectivity index is 1.25. The van der Waals surface area contributed by atoms with Crippen LogP contribution in [0.5, 0.6) is 0 Å². The summed E-state index contributed by atoms with van der Waals surface area (Å²) in [4.78, 5) is 21.4. The van der Waals surface area contributed by atoms with E-state index in [9.17, 15) is 4.79 Å². The van der Waals surface area contributed by atoms with Crippen molar-refractivity contribution in [3.8, 4) is 0 Å². The number of hydrogen-bond acceptors (Lipinski definition) is 4. The minimum absolute atomic E-state index is 0.217. The number of piperidine rings is 1. The third kappa shape index (κ3) is 4.36. The van der Waals surface area contributed by atoms with E-state index in [1.165, 1.54) is 16.1 Å². The average Bonchev–Trinajstić information content (AvgIpc) is 3.13. The minimum atomic E-state index is 0.217.